The van der Waals surface area contributed by atoms with Gasteiger partial charge in [0.05, 0.1) is 0 Å². The summed E-state index contributed by atoms with van der Waals surface area (Å²) in [6.45, 7) is 7.30. The molecule has 1 saturated carbocycles. The first kappa shape index (κ1) is 19.9. The van der Waals surface area contributed by atoms with Crippen molar-refractivity contribution >= 4 is 11.9 Å². The standard InChI is InChI=1S/C22H33N3O2/c1-15(2)20(24-16(3)21(26)25-14-13-23-22(25)27)19-11-9-18(10-12-19)17-7-5-4-6-8-17/h9-12,15-17,20,24H,4-8,13-14H2,1-3H3,(H,23,27)/p+1/t16-,20-/m0/s1. The van der Waals surface area contributed by atoms with Crippen LogP contribution in [0.1, 0.15) is 76.0 Å². The Kier molecular flexibility index (Phi) is 6.53. The number of imide groups is 1. The second-order valence-electron chi connectivity index (χ2n) is 8.47. The molecule has 1 heterocycles. The van der Waals surface area contributed by atoms with Gasteiger partial charge in [0, 0.05) is 24.6 Å². The number of nitrogens with two attached hydrogens (primary N) is 1. The van der Waals surface area contributed by atoms with Crippen LogP contribution in [0, 0.1) is 5.92 Å². The van der Waals surface area contributed by atoms with E-state index in [0.717, 1.165) is 0 Å². The predicted molar refractivity (Wildman–Crippen MR) is 106 cm³/mol. The van der Waals surface area contributed by atoms with Gasteiger partial charge in [-0.3, -0.25) is 9.69 Å². The van der Waals surface area contributed by atoms with Gasteiger partial charge in [-0.25, -0.2) is 4.79 Å². The molecule has 3 N–H and O–H groups in total. The van der Waals surface area contributed by atoms with Gasteiger partial charge in [0.15, 0.2) is 6.04 Å². The van der Waals surface area contributed by atoms with Gasteiger partial charge in [-0.2, -0.15) is 0 Å². The van der Waals surface area contributed by atoms with Crippen molar-refractivity contribution in [3.63, 3.8) is 0 Å². The summed E-state index contributed by atoms with van der Waals surface area (Å²) in [4.78, 5) is 25.8. The summed E-state index contributed by atoms with van der Waals surface area (Å²) < 4.78 is 0. The molecule has 1 saturated heterocycles. The van der Waals surface area contributed by atoms with E-state index >= 15 is 0 Å². The second-order valence-corrected chi connectivity index (χ2v) is 8.47. The molecule has 1 aliphatic carbocycles. The molecule has 5 heteroatoms. The zero-order valence-electron chi connectivity index (χ0n) is 16.9. The quantitative estimate of drug-likeness (QED) is 0.806. The molecule has 0 spiro atoms. The number of rotatable bonds is 6. The molecule has 1 aliphatic heterocycles. The number of amides is 3. The number of carbonyl (C=O) groups excluding carboxylic acids is 2. The zero-order valence-corrected chi connectivity index (χ0v) is 16.9. The molecule has 3 amide bonds. The van der Waals surface area contributed by atoms with E-state index in [-0.39, 0.29) is 24.0 Å². The molecule has 3 rings (SSSR count). The highest BCUT2D eigenvalue weighted by Gasteiger charge is 2.34. The Labute approximate surface area is 162 Å². The molecule has 0 aromatic heterocycles. The lowest BCUT2D eigenvalue weighted by Gasteiger charge is -2.26. The van der Waals surface area contributed by atoms with Gasteiger partial charge in [-0.1, -0.05) is 57.4 Å². The van der Waals surface area contributed by atoms with E-state index in [1.807, 2.05) is 6.92 Å². The van der Waals surface area contributed by atoms with Crippen LogP contribution in [0.3, 0.4) is 0 Å². The van der Waals surface area contributed by atoms with Crippen molar-refractivity contribution in [1.82, 2.24) is 10.2 Å². The Bertz CT molecular complexity index is 650. The molecule has 2 aliphatic rings. The van der Waals surface area contributed by atoms with Gasteiger partial charge in [-0.15, -0.1) is 0 Å². The first-order valence-electron chi connectivity index (χ1n) is 10.5. The lowest BCUT2D eigenvalue weighted by atomic mass is 9.83. The number of carbonyl (C=O) groups is 2. The zero-order chi connectivity index (χ0) is 19.4. The van der Waals surface area contributed by atoms with Crippen molar-refractivity contribution < 1.29 is 14.9 Å². The summed E-state index contributed by atoms with van der Waals surface area (Å²) in [5, 5.41) is 4.82. The van der Waals surface area contributed by atoms with Crippen LogP contribution in [0.2, 0.25) is 0 Å². The molecule has 2 fully saturated rings. The van der Waals surface area contributed by atoms with Crippen LogP contribution >= 0.6 is 0 Å². The normalized spacial score (nSPS) is 20.6. The number of benzene rings is 1. The van der Waals surface area contributed by atoms with E-state index in [1.165, 1.54) is 48.1 Å². The fourth-order valence-electron chi connectivity index (χ4n) is 4.47. The van der Waals surface area contributed by atoms with Crippen LogP contribution in [0.4, 0.5) is 4.79 Å². The van der Waals surface area contributed by atoms with Gasteiger partial charge in [0.2, 0.25) is 0 Å². The number of hydrogen-bond acceptors (Lipinski definition) is 2. The SMILES string of the molecule is CC(C)[C@H]([NH2+][C@@H](C)C(=O)N1CCNC1=O)c1ccc(C2CCCCC2)cc1. The Morgan fingerprint density at radius 2 is 1.78 bits per heavy atom. The minimum Gasteiger partial charge on any atom is -0.336 e. The molecule has 27 heavy (non-hydrogen) atoms. The average molecular weight is 373 g/mol. The third-order valence-corrected chi connectivity index (χ3v) is 6.12. The molecule has 148 valence electrons. The fraction of sp³-hybridized carbons (Fsp3) is 0.636. The van der Waals surface area contributed by atoms with Gasteiger partial charge in [0.1, 0.15) is 6.04 Å². The smallest absolute Gasteiger partial charge is 0.324 e. The number of nitrogens with one attached hydrogen (secondary N) is 1. The van der Waals surface area contributed by atoms with Crippen LogP contribution in [0.25, 0.3) is 0 Å². The molecular formula is C22H34N3O2+. The summed E-state index contributed by atoms with van der Waals surface area (Å²) >= 11 is 0. The van der Waals surface area contributed by atoms with Crippen LogP contribution in [-0.4, -0.2) is 36.0 Å². The topological polar surface area (TPSA) is 66.0 Å². The van der Waals surface area contributed by atoms with Crippen molar-refractivity contribution in [2.75, 3.05) is 13.1 Å². The number of urea groups is 1. The summed E-state index contributed by atoms with van der Waals surface area (Å²) in [7, 11) is 0. The van der Waals surface area contributed by atoms with Gasteiger partial charge in [-0.05, 0) is 31.2 Å². The number of nitrogens with zero attached hydrogens (tertiary/aromatic N) is 1. The van der Waals surface area contributed by atoms with Crippen molar-refractivity contribution in [2.45, 2.75) is 70.9 Å². The van der Waals surface area contributed by atoms with Gasteiger partial charge in [0.25, 0.3) is 5.91 Å². The maximum absolute atomic E-state index is 12.6. The van der Waals surface area contributed by atoms with E-state index in [9.17, 15) is 9.59 Å². The molecule has 1 aromatic rings. The largest absolute Gasteiger partial charge is 0.336 e. The lowest BCUT2D eigenvalue weighted by molar-refractivity contribution is -0.719. The van der Waals surface area contributed by atoms with E-state index < -0.39 is 0 Å². The monoisotopic (exact) mass is 372 g/mol. The highest BCUT2D eigenvalue weighted by molar-refractivity contribution is 5.97. The summed E-state index contributed by atoms with van der Waals surface area (Å²) in [6, 6.07) is 8.71. The van der Waals surface area contributed by atoms with Crippen LogP contribution in [-0.2, 0) is 4.79 Å². The van der Waals surface area contributed by atoms with E-state index in [1.54, 1.807) is 0 Å². The summed E-state index contributed by atoms with van der Waals surface area (Å²) in [5.41, 5.74) is 2.72. The van der Waals surface area contributed by atoms with E-state index in [2.05, 4.69) is 48.7 Å². The Hall–Kier alpha value is -1.88. The van der Waals surface area contributed by atoms with Crippen molar-refractivity contribution in [2.24, 2.45) is 5.92 Å². The summed E-state index contributed by atoms with van der Waals surface area (Å²) in [6.07, 6.45) is 6.68. The maximum atomic E-state index is 12.6. The van der Waals surface area contributed by atoms with Gasteiger partial charge < -0.3 is 10.6 Å². The van der Waals surface area contributed by atoms with Crippen LogP contribution in [0.5, 0.6) is 0 Å². The van der Waals surface area contributed by atoms with Crippen molar-refractivity contribution in [3.8, 4) is 0 Å². The van der Waals surface area contributed by atoms with Crippen LogP contribution < -0.4 is 10.6 Å². The minimum atomic E-state index is -0.278. The number of quaternary nitrogens is 1. The Morgan fingerprint density at radius 3 is 2.33 bits per heavy atom. The molecule has 5 nitrogen and oxygen atoms in total. The molecule has 0 unspecified atom stereocenters. The molecule has 0 radical (unpaired) electrons. The molecule has 2 atom stereocenters. The number of hydrogen-bond donors (Lipinski definition) is 2. The fourth-order valence-corrected chi connectivity index (χ4v) is 4.47. The highest BCUT2D eigenvalue weighted by atomic mass is 16.2. The predicted octanol–water partition coefficient (Wildman–Crippen LogP) is 2.94. The molecule has 1 aromatic carbocycles. The first-order valence-corrected chi connectivity index (χ1v) is 10.5. The lowest BCUT2D eigenvalue weighted by Crippen LogP contribution is -2.93. The maximum Gasteiger partial charge on any atom is 0.324 e. The minimum absolute atomic E-state index is 0.102. The van der Waals surface area contributed by atoms with E-state index in [4.69, 9.17) is 0 Å². The Balaban J connectivity index is 1.67. The Morgan fingerprint density at radius 1 is 1.11 bits per heavy atom. The van der Waals surface area contributed by atoms with Crippen molar-refractivity contribution in [3.05, 3.63) is 35.4 Å². The van der Waals surface area contributed by atoms with Gasteiger partial charge >= 0.3 is 6.03 Å². The third kappa shape index (κ3) is 4.70. The first-order chi connectivity index (χ1) is 13.0. The molecular weight excluding hydrogens is 338 g/mol. The second kappa shape index (κ2) is 8.87. The summed E-state index contributed by atoms with van der Waals surface area (Å²) in [5.74, 6) is 1.01. The third-order valence-electron chi connectivity index (χ3n) is 6.12. The highest BCUT2D eigenvalue weighted by Crippen LogP contribution is 2.33. The molecule has 0 bridgehead atoms. The van der Waals surface area contributed by atoms with E-state index in [0.29, 0.717) is 24.9 Å². The average Bonchev–Trinajstić information content (AvgIpc) is 3.12. The van der Waals surface area contributed by atoms with Crippen molar-refractivity contribution in [1.29, 1.82) is 0 Å². The van der Waals surface area contributed by atoms with Crippen LogP contribution in [0.15, 0.2) is 24.3 Å².